The van der Waals surface area contributed by atoms with Crippen LogP contribution < -0.4 is 14.5 Å². The maximum atomic E-state index is 7.09. The van der Waals surface area contributed by atoms with Crippen molar-refractivity contribution in [2.75, 3.05) is 9.80 Å². The minimum Gasteiger partial charge on any atom is -0.456 e. The van der Waals surface area contributed by atoms with Crippen LogP contribution in [0, 0.1) is 13.8 Å². The topological polar surface area (TPSA) is 28.6 Å². The van der Waals surface area contributed by atoms with Crippen molar-refractivity contribution in [3.05, 3.63) is 235 Å². The van der Waals surface area contributed by atoms with E-state index in [-0.39, 0.29) is 0 Å². The van der Waals surface area contributed by atoms with Crippen LogP contribution in [0.3, 0.4) is 0 Å². The maximum Gasteiger partial charge on any atom is 0.137 e. The molecule has 1 aliphatic heterocycles. The predicted molar refractivity (Wildman–Crippen MR) is 275 cm³/mol. The summed E-state index contributed by atoms with van der Waals surface area (Å²) in [6.07, 6.45) is 2.79. The van der Waals surface area contributed by atoms with E-state index in [4.69, 9.17) is 9.72 Å². The lowest BCUT2D eigenvalue weighted by Gasteiger charge is -2.30. The molecule has 0 saturated carbocycles. The SMILES string of the molecule is Cc1ccc2c(N(c3ccccc3)c3ccc4c(c3)Cc3ccccc3-4)cc3c4cc(C)cc5c4c(cc3c2c1)-c1ccc(N(c2ccccn2)c2ccccc2-c2ccccc2)cc1O5. The molecule has 66 heavy (non-hydrogen) atoms. The number of nitrogens with zero attached hydrogens (tertiary/aromatic N) is 3. The molecule has 0 atom stereocenters. The molecule has 0 saturated heterocycles. The molecule has 0 unspecified atom stereocenters. The third-order valence-corrected chi connectivity index (χ3v) is 13.5. The number of pyridine rings is 1. The first-order valence-corrected chi connectivity index (χ1v) is 22.7. The fraction of sp³-hybridized carbons (Fsp3) is 0.0484. The third-order valence-electron chi connectivity index (χ3n) is 13.5. The highest BCUT2D eigenvalue weighted by Crippen LogP contribution is 2.54. The fourth-order valence-corrected chi connectivity index (χ4v) is 10.6. The Morgan fingerprint density at radius 3 is 1.91 bits per heavy atom. The minimum atomic E-state index is 0.815. The van der Waals surface area contributed by atoms with Gasteiger partial charge in [-0.25, -0.2) is 4.98 Å². The first-order valence-electron chi connectivity index (χ1n) is 22.7. The average Bonchev–Trinajstić information content (AvgIpc) is 3.73. The second kappa shape index (κ2) is 15.1. The van der Waals surface area contributed by atoms with Crippen LogP contribution in [-0.4, -0.2) is 4.98 Å². The largest absolute Gasteiger partial charge is 0.456 e. The van der Waals surface area contributed by atoms with E-state index >= 15 is 0 Å². The molecule has 1 aromatic heterocycles. The molecule has 2 heterocycles. The Bertz CT molecular complexity index is 3730. The van der Waals surface area contributed by atoms with Crippen LogP contribution >= 0.6 is 0 Å². The monoisotopic (exact) mass is 845 g/mol. The van der Waals surface area contributed by atoms with Crippen molar-refractivity contribution in [3.63, 3.8) is 0 Å². The van der Waals surface area contributed by atoms with Crippen LogP contribution in [0.5, 0.6) is 11.5 Å². The molecule has 312 valence electrons. The highest BCUT2D eigenvalue weighted by atomic mass is 16.5. The van der Waals surface area contributed by atoms with Crippen LogP contribution in [0.2, 0.25) is 0 Å². The third kappa shape index (κ3) is 6.10. The predicted octanol–water partition coefficient (Wildman–Crippen LogP) is 17.1. The lowest BCUT2D eigenvalue weighted by Crippen LogP contribution is -2.13. The summed E-state index contributed by atoms with van der Waals surface area (Å²) in [5, 5.41) is 7.15. The molecule has 13 rings (SSSR count). The van der Waals surface area contributed by atoms with Gasteiger partial charge < -0.3 is 9.64 Å². The van der Waals surface area contributed by atoms with E-state index in [0.717, 1.165) is 79.8 Å². The summed E-state index contributed by atoms with van der Waals surface area (Å²) in [7, 11) is 0. The van der Waals surface area contributed by atoms with Gasteiger partial charge in [-0.15, -0.1) is 0 Å². The Labute approximate surface area is 384 Å². The number of anilines is 6. The fourth-order valence-electron chi connectivity index (χ4n) is 10.6. The van der Waals surface area contributed by atoms with Crippen molar-refractivity contribution < 1.29 is 4.74 Å². The number of para-hydroxylation sites is 2. The number of ether oxygens (including phenoxy) is 1. The van der Waals surface area contributed by atoms with Crippen molar-refractivity contribution in [1.29, 1.82) is 0 Å². The number of fused-ring (bicyclic) bond motifs is 9. The van der Waals surface area contributed by atoms with Crippen molar-refractivity contribution >= 4 is 66.6 Å². The Balaban J connectivity index is 1.02. The summed E-state index contributed by atoms with van der Waals surface area (Å²) in [5.41, 5.74) is 17.7. The van der Waals surface area contributed by atoms with Gasteiger partial charge in [0.15, 0.2) is 0 Å². The van der Waals surface area contributed by atoms with Gasteiger partial charge in [-0.1, -0.05) is 133 Å². The summed E-state index contributed by atoms with van der Waals surface area (Å²) in [6.45, 7) is 4.38. The molecule has 1 aliphatic carbocycles. The second-order valence-electron chi connectivity index (χ2n) is 17.7. The Hall–Kier alpha value is -8.47. The van der Waals surface area contributed by atoms with Gasteiger partial charge in [0, 0.05) is 45.5 Å². The first kappa shape index (κ1) is 38.0. The van der Waals surface area contributed by atoms with Crippen molar-refractivity contribution in [1.82, 2.24) is 4.98 Å². The van der Waals surface area contributed by atoms with Crippen molar-refractivity contribution in [3.8, 4) is 44.9 Å². The van der Waals surface area contributed by atoms with Crippen LogP contribution in [0.1, 0.15) is 22.3 Å². The van der Waals surface area contributed by atoms with Gasteiger partial charge in [0.25, 0.3) is 0 Å². The van der Waals surface area contributed by atoms with E-state index in [1.807, 2.05) is 18.3 Å². The van der Waals surface area contributed by atoms with Crippen LogP contribution in [0.25, 0.3) is 65.7 Å². The molecule has 0 bridgehead atoms. The molecule has 2 aliphatic rings. The van der Waals surface area contributed by atoms with Gasteiger partial charge in [0.05, 0.1) is 17.1 Å². The molecule has 11 aromatic rings. The average molecular weight is 846 g/mol. The number of aryl methyl sites for hydroxylation is 2. The number of rotatable bonds is 7. The molecule has 0 radical (unpaired) electrons. The zero-order chi connectivity index (χ0) is 43.9. The van der Waals surface area contributed by atoms with E-state index in [9.17, 15) is 0 Å². The lowest BCUT2D eigenvalue weighted by atomic mass is 9.87. The number of benzene rings is 10. The van der Waals surface area contributed by atoms with Crippen molar-refractivity contribution in [2.24, 2.45) is 0 Å². The first-order chi connectivity index (χ1) is 32.5. The van der Waals surface area contributed by atoms with Gasteiger partial charge in [-0.3, -0.25) is 4.90 Å². The van der Waals surface area contributed by atoms with Crippen LogP contribution in [0.15, 0.2) is 212 Å². The highest BCUT2D eigenvalue weighted by molar-refractivity contribution is 6.26. The molecular formula is C62H43N3O. The standard InChI is InChI=1S/C62H43N3O/c1-39-24-27-50-52(31-39)53-37-56-51-29-26-46(65(61-23-13-14-30-63-61)57-22-12-11-21-49(57)41-15-5-3-6-16-41)36-59(51)66-60-33-40(2)32-55(62(56)60)54(53)38-58(50)64(44-18-7-4-8-19-44)45-25-28-48-43(35-45)34-42-17-9-10-20-47(42)48/h3-33,35-38H,34H2,1-2H3. The van der Waals surface area contributed by atoms with Gasteiger partial charge >= 0.3 is 0 Å². The summed E-state index contributed by atoms with van der Waals surface area (Å²) in [5.74, 6) is 2.51. The summed E-state index contributed by atoms with van der Waals surface area (Å²) in [4.78, 5) is 9.59. The molecule has 4 nitrogen and oxygen atoms in total. The normalized spacial score (nSPS) is 12.2. The van der Waals surface area contributed by atoms with Gasteiger partial charge in [-0.05, 0) is 154 Å². The van der Waals surface area contributed by atoms with E-state index in [2.05, 4.69) is 218 Å². The molecule has 0 amide bonds. The van der Waals surface area contributed by atoms with Crippen molar-refractivity contribution in [2.45, 2.75) is 20.3 Å². The molecule has 10 aromatic carbocycles. The summed E-state index contributed by atoms with van der Waals surface area (Å²) >= 11 is 0. The zero-order valence-corrected chi connectivity index (χ0v) is 36.7. The maximum absolute atomic E-state index is 7.09. The van der Waals surface area contributed by atoms with E-state index < -0.39 is 0 Å². The lowest BCUT2D eigenvalue weighted by molar-refractivity contribution is 0.487. The van der Waals surface area contributed by atoms with Crippen LogP contribution in [0.4, 0.5) is 34.3 Å². The summed E-state index contributed by atoms with van der Waals surface area (Å²) < 4.78 is 7.09. The molecule has 0 fully saturated rings. The quantitative estimate of drug-likeness (QED) is 0.149. The van der Waals surface area contributed by atoms with E-state index in [1.54, 1.807) is 0 Å². The smallest absolute Gasteiger partial charge is 0.137 e. The number of aromatic nitrogens is 1. The van der Waals surface area contributed by atoms with Gasteiger partial charge in [-0.2, -0.15) is 0 Å². The van der Waals surface area contributed by atoms with E-state index in [1.165, 1.54) is 60.3 Å². The minimum absolute atomic E-state index is 0.815. The number of hydrogen-bond donors (Lipinski definition) is 0. The molecule has 0 spiro atoms. The zero-order valence-electron chi connectivity index (χ0n) is 36.7. The molecule has 4 heteroatoms. The van der Waals surface area contributed by atoms with Gasteiger partial charge in [0.2, 0.25) is 0 Å². The Morgan fingerprint density at radius 1 is 0.394 bits per heavy atom. The number of hydrogen-bond acceptors (Lipinski definition) is 4. The molecular weight excluding hydrogens is 803 g/mol. The van der Waals surface area contributed by atoms with E-state index in [0.29, 0.717) is 0 Å². The van der Waals surface area contributed by atoms with Gasteiger partial charge in [0.1, 0.15) is 17.3 Å². The Kier molecular flexibility index (Phi) is 8.69. The Morgan fingerprint density at radius 2 is 1.08 bits per heavy atom. The second-order valence-corrected chi connectivity index (χ2v) is 17.7. The van der Waals surface area contributed by atoms with Crippen LogP contribution in [-0.2, 0) is 6.42 Å². The summed E-state index contributed by atoms with van der Waals surface area (Å²) in [6, 6.07) is 74.8. The molecule has 0 N–H and O–H groups in total. The highest BCUT2D eigenvalue weighted by Gasteiger charge is 2.28.